The summed E-state index contributed by atoms with van der Waals surface area (Å²) in [6.07, 6.45) is 0. The van der Waals surface area contributed by atoms with Gasteiger partial charge >= 0.3 is 0 Å². The number of fused-ring (bicyclic) bond motifs is 1. The van der Waals surface area contributed by atoms with Gasteiger partial charge in [0.05, 0.1) is 10.9 Å². The summed E-state index contributed by atoms with van der Waals surface area (Å²) in [4.78, 5) is 31.1. The van der Waals surface area contributed by atoms with E-state index < -0.39 is 21.6 Å². The Morgan fingerprint density at radius 2 is 1.86 bits per heavy atom. The van der Waals surface area contributed by atoms with Crippen molar-refractivity contribution in [3.8, 4) is 0 Å². The smallest absolute Gasteiger partial charge is 0.281 e. The van der Waals surface area contributed by atoms with Crippen molar-refractivity contribution >= 4 is 27.0 Å². The number of amides is 1. The first-order valence-corrected chi connectivity index (χ1v) is 10.1. The normalized spacial score (nSPS) is 16.1. The molecule has 2 heterocycles. The van der Waals surface area contributed by atoms with Crippen molar-refractivity contribution in [3.63, 3.8) is 0 Å². The zero-order valence-corrected chi connectivity index (χ0v) is 16.7. The number of piperazine rings is 1. The number of nitrogens with zero attached hydrogens (tertiary/aromatic N) is 5. The maximum atomic E-state index is 13.5. The third kappa shape index (κ3) is 3.77. The lowest BCUT2D eigenvalue weighted by Crippen LogP contribution is -2.53. The molecule has 1 aliphatic heterocycles. The second-order valence-corrected chi connectivity index (χ2v) is 8.92. The predicted octanol–water partition coefficient (Wildman–Crippen LogP) is -0.205. The van der Waals surface area contributed by atoms with Crippen LogP contribution in [0.15, 0.2) is 23.0 Å². The Morgan fingerprint density at radius 3 is 2.46 bits per heavy atom. The van der Waals surface area contributed by atoms with E-state index in [-0.39, 0.29) is 44.0 Å². The summed E-state index contributed by atoms with van der Waals surface area (Å²) in [7, 11) is -0.610. The number of aromatic nitrogens is 2. The quantitative estimate of drug-likeness (QED) is 0.694. The molecule has 2 aromatic rings. The summed E-state index contributed by atoms with van der Waals surface area (Å²) >= 11 is 0. The van der Waals surface area contributed by atoms with Crippen LogP contribution in [0, 0.1) is 12.7 Å². The van der Waals surface area contributed by atoms with Gasteiger partial charge in [-0.15, -0.1) is 0 Å². The third-order valence-electron chi connectivity index (χ3n) is 4.78. The van der Waals surface area contributed by atoms with Gasteiger partial charge in [-0.2, -0.15) is 17.0 Å². The summed E-state index contributed by atoms with van der Waals surface area (Å²) in [5, 5.41) is 0.111. The fourth-order valence-corrected chi connectivity index (χ4v) is 4.21. The highest BCUT2D eigenvalue weighted by Crippen LogP contribution is 2.12. The van der Waals surface area contributed by atoms with E-state index in [0.29, 0.717) is 11.3 Å². The van der Waals surface area contributed by atoms with Crippen LogP contribution in [-0.4, -0.2) is 77.7 Å². The van der Waals surface area contributed by atoms with Gasteiger partial charge < -0.3 is 4.90 Å². The van der Waals surface area contributed by atoms with Crippen LogP contribution in [0.2, 0.25) is 0 Å². The molecule has 152 valence electrons. The molecule has 0 N–H and O–H groups in total. The highest BCUT2D eigenvalue weighted by molar-refractivity contribution is 7.86. The van der Waals surface area contributed by atoms with Gasteiger partial charge in [0.15, 0.2) is 0 Å². The molecule has 3 rings (SSSR count). The molecule has 11 heteroatoms. The zero-order chi connectivity index (χ0) is 20.6. The maximum absolute atomic E-state index is 13.5. The Labute approximate surface area is 162 Å². The Bertz CT molecular complexity index is 1070. The van der Waals surface area contributed by atoms with Crippen molar-refractivity contribution in [1.82, 2.24) is 23.1 Å². The number of carbonyl (C=O) groups is 1. The lowest BCUT2D eigenvalue weighted by Gasteiger charge is -2.35. The van der Waals surface area contributed by atoms with E-state index in [9.17, 15) is 22.4 Å². The van der Waals surface area contributed by atoms with E-state index in [1.165, 1.54) is 40.0 Å². The molecule has 0 atom stereocenters. The number of carbonyl (C=O) groups excluding carboxylic acids is 1. The maximum Gasteiger partial charge on any atom is 0.281 e. The van der Waals surface area contributed by atoms with Gasteiger partial charge in [0.1, 0.15) is 18.2 Å². The topological polar surface area (TPSA) is 95.8 Å². The van der Waals surface area contributed by atoms with Crippen molar-refractivity contribution in [2.24, 2.45) is 0 Å². The van der Waals surface area contributed by atoms with Gasteiger partial charge in [0.25, 0.3) is 15.8 Å². The standard InChI is InChI=1S/C17H22FN5O4S/c1-12-19-15-5-4-13(18)10-14(15)17(25)23(12)11-16(24)21-6-8-22(9-7-21)28(26,27)20(2)3/h4-5,10H,6-9,11H2,1-3H3. The van der Waals surface area contributed by atoms with Gasteiger partial charge in [0, 0.05) is 40.3 Å². The van der Waals surface area contributed by atoms with E-state index in [1.54, 1.807) is 6.92 Å². The molecular formula is C17H22FN5O4S. The lowest BCUT2D eigenvalue weighted by molar-refractivity contribution is -0.133. The number of halogens is 1. The Hall–Kier alpha value is -2.37. The van der Waals surface area contributed by atoms with Crippen LogP contribution >= 0.6 is 0 Å². The Morgan fingerprint density at radius 1 is 1.21 bits per heavy atom. The summed E-state index contributed by atoms with van der Waals surface area (Å²) < 4.78 is 41.5. The summed E-state index contributed by atoms with van der Waals surface area (Å²) in [5.74, 6) is -0.512. The molecule has 0 spiro atoms. The van der Waals surface area contributed by atoms with E-state index in [0.717, 1.165) is 10.4 Å². The molecule has 1 amide bonds. The average molecular weight is 411 g/mol. The minimum atomic E-state index is -3.52. The first-order chi connectivity index (χ1) is 13.1. The summed E-state index contributed by atoms with van der Waals surface area (Å²) in [5.41, 5.74) is -0.112. The summed E-state index contributed by atoms with van der Waals surface area (Å²) in [6, 6.07) is 3.76. The van der Waals surface area contributed by atoms with E-state index in [2.05, 4.69) is 4.98 Å². The fourth-order valence-electron chi connectivity index (χ4n) is 3.12. The van der Waals surface area contributed by atoms with Crippen LogP contribution in [0.5, 0.6) is 0 Å². The van der Waals surface area contributed by atoms with Gasteiger partial charge in [-0.3, -0.25) is 14.2 Å². The van der Waals surface area contributed by atoms with Gasteiger partial charge in [-0.1, -0.05) is 0 Å². The highest BCUT2D eigenvalue weighted by Gasteiger charge is 2.30. The van der Waals surface area contributed by atoms with Crippen LogP contribution in [0.4, 0.5) is 4.39 Å². The van der Waals surface area contributed by atoms with Gasteiger partial charge in [0.2, 0.25) is 5.91 Å². The zero-order valence-electron chi connectivity index (χ0n) is 15.9. The minimum absolute atomic E-state index is 0.111. The van der Waals surface area contributed by atoms with Crippen LogP contribution < -0.4 is 5.56 Å². The number of rotatable bonds is 4. The number of aryl methyl sites for hydroxylation is 1. The molecule has 9 nitrogen and oxygen atoms in total. The van der Waals surface area contributed by atoms with Crippen molar-refractivity contribution in [2.75, 3.05) is 40.3 Å². The molecule has 28 heavy (non-hydrogen) atoms. The predicted molar refractivity (Wildman–Crippen MR) is 101 cm³/mol. The second kappa shape index (κ2) is 7.57. The van der Waals surface area contributed by atoms with Crippen molar-refractivity contribution in [1.29, 1.82) is 0 Å². The van der Waals surface area contributed by atoms with Gasteiger partial charge in [-0.25, -0.2) is 9.37 Å². The molecule has 0 unspecified atom stereocenters. The molecule has 1 saturated heterocycles. The second-order valence-electron chi connectivity index (χ2n) is 6.78. The minimum Gasteiger partial charge on any atom is -0.338 e. The van der Waals surface area contributed by atoms with Crippen LogP contribution in [-0.2, 0) is 21.5 Å². The Kier molecular flexibility index (Phi) is 5.50. The molecule has 0 aliphatic carbocycles. The molecular weight excluding hydrogens is 389 g/mol. The Balaban J connectivity index is 1.77. The molecule has 0 bridgehead atoms. The third-order valence-corrected chi connectivity index (χ3v) is 6.72. The van der Waals surface area contributed by atoms with E-state index in [1.807, 2.05) is 0 Å². The monoisotopic (exact) mass is 411 g/mol. The van der Waals surface area contributed by atoms with E-state index in [4.69, 9.17) is 0 Å². The van der Waals surface area contributed by atoms with Crippen molar-refractivity contribution < 1.29 is 17.6 Å². The SMILES string of the molecule is Cc1nc2ccc(F)cc2c(=O)n1CC(=O)N1CCN(S(=O)(=O)N(C)C)CC1. The number of hydrogen-bond acceptors (Lipinski definition) is 5. The van der Waals surface area contributed by atoms with Crippen molar-refractivity contribution in [2.45, 2.75) is 13.5 Å². The highest BCUT2D eigenvalue weighted by atomic mass is 32.2. The van der Waals surface area contributed by atoms with Crippen LogP contribution in [0.3, 0.4) is 0 Å². The first-order valence-electron chi connectivity index (χ1n) is 8.73. The first kappa shape index (κ1) is 20.4. The summed E-state index contributed by atoms with van der Waals surface area (Å²) in [6.45, 7) is 2.21. The molecule has 1 aromatic carbocycles. The van der Waals surface area contributed by atoms with E-state index >= 15 is 0 Å². The van der Waals surface area contributed by atoms with Gasteiger partial charge in [-0.05, 0) is 25.1 Å². The lowest BCUT2D eigenvalue weighted by atomic mass is 10.2. The van der Waals surface area contributed by atoms with Crippen LogP contribution in [0.25, 0.3) is 10.9 Å². The average Bonchev–Trinajstić information content (AvgIpc) is 2.65. The molecule has 0 radical (unpaired) electrons. The fraction of sp³-hybridized carbons (Fsp3) is 0.471. The van der Waals surface area contributed by atoms with Crippen LogP contribution in [0.1, 0.15) is 5.82 Å². The number of hydrogen-bond donors (Lipinski definition) is 0. The molecule has 0 saturated carbocycles. The number of benzene rings is 1. The molecule has 1 aliphatic rings. The largest absolute Gasteiger partial charge is 0.338 e. The van der Waals surface area contributed by atoms with Crippen molar-refractivity contribution in [3.05, 3.63) is 40.2 Å². The molecule has 1 fully saturated rings. The molecule has 1 aromatic heterocycles.